The molecule has 0 fully saturated rings. The maximum atomic E-state index is 12.6. The van der Waals surface area contributed by atoms with Gasteiger partial charge in [0.05, 0.1) is 10.0 Å². The zero-order valence-electron chi connectivity index (χ0n) is 16.3. The molecule has 0 aliphatic rings. The average Bonchev–Trinajstić information content (AvgIpc) is 3.21. The number of halogens is 1. The zero-order chi connectivity index (χ0) is 22.2. The Labute approximate surface area is 186 Å². The molecule has 10 heteroatoms. The number of amides is 2. The van der Waals surface area contributed by atoms with E-state index in [9.17, 15) is 9.59 Å². The second-order valence-corrected chi connectivity index (χ2v) is 6.87. The number of rotatable bonds is 8. The van der Waals surface area contributed by atoms with Crippen LogP contribution in [0.15, 0.2) is 72.5 Å². The van der Waals surface area contributed by atoms with Crippen molar-refractivity contribution in [2.45, 2.75) is 6.54 Å². The summed E-state index contributed by atoms with van der Waals surface area (Å²) >= 11 is 3.32. The third-order valence-corrected chi connectivity index (χ3v) is 4.49. The van der Waals surface area contributed by atoms with Crippen molar-refractivity contribution in [3.63, 3.8) is 0 Å². The third-order valence-electron chi connectivity index (χ3n) is 3.86. The molecule has 2 amide bonds. The predicted molar refractivity (Wildman–Crippen MR) is 117 cm³/mol. The highest BCUT2D eigenvalue weighted by molar-refractivity contribution is 9.10. The van der Waals surface area contributed by atoms with Crippen molar-refractivity contribution < 1.29 is 19.1 Å². The molecule has 3 aromatic rings. The standard InChI is InChI=1S/C21H18BrN5O4/c1-3-11-27-13-23-26-19(27)16-9-6-10-17(24-16)31-21(29)25-20(28)14-7-5-8-15(22)18(14)30-12-4-2/h3-10,13H,1-2,11-12H2,(H,25,28,29). The van der Waals surface area contributed by atoms with Crippen LogP contribution in [0.25, 0.3) is 11.5 Å². The number of pyridine rings is 1. The van der Waals surface area contributed by atoms with Gasteiger partial charge in [-0.05, 0) is 34.1 Å². The van der Waals surface area contributed by atoms with Gasteiger partial charge in [0, 0.05) is 12.6 Å². The number of allylic oxidation sites excluding steroid dienone is 1. The topological polar surface area (TPSA) is 108 Å². The van der Waals surface area contributed by atoms with Crippen molar-refractivity contribution in [3.8, 4) is 23.1 Å². The van der Waals surface area contributed by atoms with Gasteiger partial charge in [-0.2, -0.15) is 0 Å². The van der Waals surface area contributed by atoms with Gasteiger partial charge in [0.15, 0.2) is 5.82 Å². The Morgan fingerprint density at radius 3 is 2.74 bits per heavy atom. The Kier molecular flexibility index (Phi) is 7.28. The molecule has 0 aliphatic carbocycles. The molecule has 2 aromatic heterocycles. The van der Waals surface area contributed by atoms with Crippen LogP contribution in [-0.2, 0) is 6.54 Å². The first-order valence-electron chi connectivity index (χ1n) is 9.05. The van der Waals surface area contributed by atoms with Crippen LogP contribution in [-0.4, -0.2) is 38.4 Å². The molecule has 0 unspecified atom stereocenters. The number of nitrogens with zero attached hydrogens (tertiary/aromatic N) is 4. The van der Waals surface area contributed by atoms with Gasteiger partial charge in [-0.15, -0.1) is 16.8 Å². The fourth-order valence-electron chi connectivity index (χ4n) is 2.58. The normalized spacial score (nSPS) is 10.2. The number of ether oxygens (including phenoxy) is 2. The summed E-state index contributed by atoms with van der Waals surface area (Å²) < 4.78 is 13.0. The van der Waals surface area contributed by atoms with Crippen molar-refractivity contribution in [2.75, 3.05) is 6.61 Å². The van der Waals surface area contributed by atoms with Crippen LogP contribution < -0.4 is 14.8 Å². The fraction of sp³-hybridized carbons (Fsp3) is 0.0952. The molecule has 158 valence electrons. The molecule has 2 heterocycles. The third kappa shape index (κ3) is 5.43. The van der Waals surface area contributed by atoms with E-state index in [0.29, 0.717) is 22.5 Å². The molecule has 0 atom stereocenters. The maximum Gasteiger partial charge on any atom is 0.420 e. The average molecular weight is 484 g/mol. The van der Waals surface area contributed by atoms with Crippen molar-refractivity contribution in [2.24, 2.45) is 0 Å². The molecule has 0 saturated heterocycles. The number of hydrogen-bond acceptors (Lipinski definition) is 7. The van der Waals surface area contributed by atoms with E-state index in [4.69, 9.17) is 9.47 Å². The number of hydrogen-bond donors (Lipinski definition) is 1. The summed E-state index contributed by atoms with van der Waals surface area (Å²) in [5.41, 5.74) is 0.607. The highest BCUT2D eigenvalue weighted by Crippen LogP contribution is 2.29. The number of carbonyl (C=O) groups is 2. The number of imide groups is 1. The lowest BCUT2D eigenvalue weighted by molar-refractivity contribution is 0.0946. The molecular weight excluding hydrogens is 466 g/mol. The minimum atomic E-state index is -0.989. The van der Waals surface area contributed by atoms with Gasteiger partial charge in [-0.1, -0.05) is 30.9 Å². The number of para-hydroxylation sites is 1. The van der Waals surface area contributed by atoms with Gasteiger partial charge in [-0.3, -0.25) is 10.1 Å². The summed E-state index contributed by atoms with van der Waals surface area (Å²) in [5.74, 6) is 0.0786. The maximum absolute atomic E-state index is 12.6. The molecule has 0 spiro atoms. The Hall–Kier alpha value is -3.79. The van der Waals surface area contributed by atoms with Crippen molar-refractivity contribution in [3.05, 3.63) is 78.1 Å². The highest BCUT2D eigenvalue weighted by Gasteiger charge is 2.19. The van der Waals surface area contributed by atoms with Crippen LogP contribution in [0.5, 0.6) is 11.6 Å². The first-order valence-corrected chi connectivity index (χ1v) is 9.84. The minimum Gasteiger partial charge on any atom is -0.488 e. The van der Waals surface area contributed by atoms with Gasteiger partial charge in [0.25, 0.3) is 5.91 Å². The smallest absolute Gasteiger partial charge is 0.420 e. The Bertz CT molecular complexity index is 1130. The Morgan fingerprint density at radius 1 is 1.16 bits per heavy atom. The zero-order valence-corrected chi connectivity index (χ0v) is 17.9. The molecule has 0 bridgehead atoms. The van der Waals surface area contributed by atoms with Crippen LogP contribution in [0, 0.1) is 0 Å². The Balaban J connectivity index is 1.72. The summed E-state index contributed by atoms with van der Waals surface area (Å²) in [6, 6.07) is 9.72. The number of benzene rings is 1. The Morgan fingerprint density at radius 2 is 1.97 bits per heavy atom. The van der Waals surface area contributed by atoms with Crippen molar-refractivity contribution >= 4 is 27.9 Å². The molecule has 1 aromatic carbocycles. The first-order chi connectivity index (χ1) is 15.0. The van der Waals surface area contributed by atoms with Crippen LogP contribution >= 0.6 is 15.9 Å². The van der Waals surface area contributed by atoms with Gasteiger partial charge in [-0.25, -0.2) is 9.78 Å². The summed E-state index contributed by atoms with van der Waals surface area (Å²) in [4.78, 5) is 29.1. The summed E-state index contributed by atoms with van der Waals surface area (Å²) in [6.45, 7) is 7.95. The van der Waals surface area contributed by atoms with Crippen LogP contribution in [0.1, 0.15) is 10.4 Å². The first kappa shape index (κ1) is 21.9. The minimum absolute atomic E-state index is 0.00618. The largest absolute Gasteiger partial charge is 0.488 e. The lowest BCUT2D eigenvalue weighted by atomic mass is 10.2. The van der Waals surface area contributed by atoms with E-state index >= 15 is 0 Å². The number of aromatic nitrogens is 4. The van der Waals surface area contributed by atoms with Gasteiger partial charge in [0.2, 0.25) is 5.88 Å². The molecular formula is C21H18BrN5O4. The summed E-state index contributed by atoms with van der Waals surface area (Å²) in [5, 5.41) is 10.0. The summed E-state index contributed by atoms with van der Waals surface area (Å²) in [7, 11) is 0. The molecule has 0 saturated carbocycles. The molecule has 31 heavy (non-hydrogen) atoms. The van der Waals surface area contributed by atoms with Crippen LogP contribution in [0.2, 0.25) is 0 Å². The van der Waals surface area contributed by atoms with Gasteiger partial charge >= 0.3 is 6.09 Å². The van der Waals surface area contributed by atoms with Gasteiger partial charge < -0.3 is 14.0 Å². The predicted octanol–water partition coefficient (Wildman–Crippen LogP) is 3.78. The quantitative estimate of drug-likeness (QED) is 0.485. The fourth-order valence-corrected chi connectivity index (χ4v) is 3.06. The molecule has 0 radical (unpaired) electrons. The van der Waals surface area contributed by atoms with E-state index in [2.05, 4.69) is 49.6 Å². The van der Waals surface area contributed by atoms with E-state index in [0.717, 1.165) is 0 Å². The lowest BCUT2D eigenvalue weighted by Gasteiger charge is -2.12. The molecule has 1 N–H and O–H groups in total. The monoisotopic (exact) mass is 483 g/mol. The number of carbonyl (C=O) groups excluding carboxylic acids is 2. The van der Waals surface area contributed by atoms with Crippen LogP contribution in [0.3, 0.4) is 0 Å². The SMILES string of the molecule is C=CCOc1c(Br)cccc1C(=O)NC(=O)Oc1cccc(-c2nncn2CC=C)n1. The summed E-state index contributed by atoms with van der Waals surface area (Å²) in [6.07, 6.45) is 3.80. The molecule has 9 nitrogen and oxygen atoms in total. The van der Waals surface area contributed by atoms with E-state index < -0.39 is 12.0 Å². The van der Waals surface area contributed by atoms with Gasteiger partial charge in [0.1, 0.15) is 24.4 Å². The highest BCUT2D eigenvalue weighted by atomic mass is 79.9. The lowest BCUT2D eigenvalue weighted by Crippen LogP contribution is -2.33. The molecule has 3 rings (SSSR count). The van der Waals surface area contributed by atoms with E-state index in [1.165, 1.54) is 12.1 Å². The van der Waals surface area contributed by atoms with E-state index in [-0.39, 0.29) is 23.8 Å². The van der Waals surface area contributed by atoms with Crippen molar-refractivity contribution in [1.82, 2.24) is 25.1 Å². The van der Waals surface area contributed by atoms with Crippen LogP contribution in [0.4, 0.5) is 4.79 Å². The van der Waals surface area contributed by atoms with E-state index in [1.807, 2.05) is 0 Å². The van der Waals surface area contributed by atoms with E-state index in [1.54, 1.807) is 47.3 Å². The molecule has 0 aliphatic heterocycles. The second-order valence-electron chi connectivity index (χ2n) is 6.02. The van der Waals surface area contributed by atoms with Crippen molar-refractivity contribution in [1.29, 1.82) is 0 Å². The number of nitrogens with one attached hydrogen (secondary N) is 1. The second kappa shape index (κ2) is 10.3.